The van der Waals surface area contributed by atoms with E-state index in [4.69, 9.17) is 4.74 Å². The van der Waals surface area contributed by atoms with Gasteiger partial charge in [-0.1, -0.05) is 229 Å². The van der Waals surface area contributed by atoms with Crippen LogP contribution in [0.5, 0.6) is 0 Å². The molecule has 2 aliphatic heterocycles. The van der Waals surface area contributed by atoms with Crippen molar-refractivity contribution in [2.24, 2.45) is 118 Å². The van der Waals surface area contributed by atoms with Crippen molar-refractivity contribution in [1.82, 2.24) is 0 Å². The highest BCUT2D eigenvalue weighted by Gasteiger charge is 2.56. The summed E-state index contributed by atoms with van der Waals surface area (Å²) in [4.78, 5) is 0. The van der Waals surface area contributed by atoms with Crippen LogP contribution in [-0.2, 0) is 4.74 Å². The lowest BCUT2D eigenvalue weighted by molar-refractivity contribution is -0.122. The van der Waals surface area contributed by atoms with Gasteiger partial charge in [-0.2, -0.15) is 11.8 Å². The molecule has 2 heterocycles. The summed E-state index contributed by atoms with van der Waals surface area (Å²) >= 11 is 2.09. The van der Waals surface area contributed by atoms with E-state index in [1.165, 1.54) is 121 Å². The maximum atomic E-state index is 13.2. The predicted octanol–water partition coefficient (Wildman–Crippen LogP) is 30.3. The molecule has 11 rings (SSSR count). The number of hydrogen-bond acceptors (Lipinski definition) is 2. The van der Waals surface area contributed by atoms with E-state index >= 15 is 0 Å². The first-order valence-electron chi connectivity index (χ1n) is 40.7. The Morgan fingerprint density at radius 1 is 0.427 bits per heavy atom. The Kier molecular flexibility index (Phi) is 45.8. The third-order valence-electron chi connectivity index (χ3n) is 21.0. The van der Waals surface area contributed by atoms with Crippen molar-refractivity contribution in [3.63, 3.8) is 0 Å². The van der Waals surface area contributed by atoms with Crippen molar-refractivity contribution in [1.29, 1.82) is 0 Å². The number of alkyl halides is 8. The second-order valence-electron chi connectivity index (χ2n) is 37.9. The van der Waals surface area contributed by atoms with Crippen LogP contribution >= 0.6 is 11.8 Å². The summed E-state index contributed by atoms with van der Waals surface area (Å²) in [6.45, 7) is 51.7. The van der Waals surface area contributed by atoms with Crippen molar-refractivity contribution in [2.75, 3.05) is 24.7 Å². The lowest BCUT2D eigenvalue weighted by atomic mass is 9.77. The molecule has 11 aliphatic rings. The van der Waals surface area contributed by atoms with Crippen molar-refractivity contribution in [3.05, 3.63) is 12.2 Å². The van der Waals surface area contributed by atoms with Gasteiger partial charge in [0.2, 0.25) is 5.92 Å². The average molecular weight is 1400 g/mol. The van der Waals surface area contributed by atoms with Gasteiger partial charge in [-0.15, -0.1) is 0 Å². The third kappa shape index (κ3) is 47.7. The molecule has 0 spiro atoms. The van der Waals surface area contributed by atoms with E-state index in [1.807, 2.05) is 13.8 Å². The zero-order valence-corrected chi connectivity index (χ0v) is 68.2. The van der Waals surface area contributed by atoms with E-state index in [0.717, 1.165) is 154 Å². The van der Waals surface area contributed by atoms with E-state index in [0.29, 0.717) is 36.0 Å². The molecular weight excluding hydrogens is 1230 g/mol. The van der Waals surface area contributed by atoms with Gasteiger partial charge in [-0.05, 0) is 234 Å². The SMILES string of the molecule is CC(C)C(F)(F)C1CCC1.CC(C)CC1(C)CC1.CC(C)CC1(F)CC1.CC(C)CC1(F)CCC1.CC(C)CC1C=CCC1.CC(C)CC1CC(F)(F)C1.CC(C)CC1CC1(F)F.CC(C)CC1CCC1.CC(C)CC1COC1.CC(C)CC1CSC1.CC(C)CCC1CCC1. The first-order valence-corrected chi connectivity index (χ1v) is 41.9. The minimum Gasteiger partial charge on any atom is -0.381 e. The lowest BCUT2D eigenvalue weighted by Gasteiger charge is -2.35. The van der Waals surface area contributed by atoms with Crippen LogP contribution in [0.3, 0.4) is 0 Å². The molecule has 9 aliphatic carbocycles. The maximum Gasteiger partial charge on any atom is 0.253 e. The van der Waals surface area contributed by atoms with Crippen LogP contribution in [0.1, 0.15) is 365 Å². The minimum atomic E-state index is -2.40. The molecule has 0 aromatic rings. The molecule has 2 saturated heterocycles. The second kappa shape index (κ2) is 47.0. The molecule has 0 radical (unpaired) electrons. The Bertz CT molecular complexity index is 1820. The van der Waals surface area contributed by atoms with Gasteiger partial charge in [0.15, 0.2) is 0 Å². The lowest BCUT2D eigenvalue weighted by Crippen LogP contribution is -2.37. The van der Waals surface area contributed by atoms with Crippen LogP contribution < -0.4 is 0 Å². The van der Waals surface area contributed by atoms with Crippen LogP contribution in [0.15, 0.2) is 12.2 Å². The fourth-order valence-corrected chi connectivity index (χ4v) is 15.2. The molecule has 574 valence electrons. The fourth-order valence-electron chi connectivity index (χ4n) is 14.4. The molecule has 0 amide bonds. The molecule has 8 saturated carbocycles. The summed E-state index contributed by atoms with van der Waals surface area (Å²) in [6.07, 6.45) is 39.8. The molecular formula is C86H162F8OS. The standard InChI is InChI=1S/C9H18.C9H16.2C8H14F2.C8H15F.2C8H16.C7H12F2.C7H13F.C7H14O.C7H14S/c1-8(2)6-7-9-4-3-5-9;1-8(2)7-9-5-3-4-6-9;1-6(2)3-7-4-8(9,10)5-7;1-6(2)8(9,10)7-4-3-5-7;1-7(2)6-8(9)4-3-5-8;1-7(2)6-8(3)4-5-8;1-7(2)6-8-4-3-5-8;1-5(2)3-6-4-7(6,8)9;1-6(2)5-7(8)3-4-7;2*1-6(2)3-7-4-8-5-7/h8-9H,3-7H2,1-2H3;3,5,8-9H,4,6-7H2,1-2H3;2*6-7H,3-5H2,1-2H3;7H,3-6H2,1-2H3;7H,4-6H2,1-3H3;7-8H,3-6H2,1-2H3;5-6H,3-4H2,1-2H3;6H,3-5H2,1-2H3;2*6-7H,3-5H2,1-2H3. The molecule has 0 aromatic heterocycles. The monoisotopic (exact) mass is 1400 g/mol. The fraction of sp³-hybridized carbons (Fsp3) is 0.977. The molecule has 2 atom stereocenters. The quantitative estimate of drug-likeness (QED) is 0.0745. The van der Waals surface area contributed by atoms with E-state index in [2.05, 4.69) is 155 Å². The topological polar surface area (TPSA) is 9.23 Å². The van der Waals surface area contributed by atoms with Crippen LogP contribution in [0.25, 0.3) is 0 Å². The Balaban J connectivity index is 0.000000528. The summed E-state index contributed by atoms with van der Waals surface area (Å²) in [5, 5.41) is 0. The molecule has 10 heteroatoms. The summed E-state index contributed by atoms with van der Waals surface area (Å²) in [6, 6.07) is 0. The molecule has 10 fully saturated rings. The average Bonchev–Trinajstić information content (AvgIpc) is 1.62. The Labute approximate surface area is 597 Å². The van der Waals surface area contributed by atoms with E-state index < -0.39 is 35.0 Å². The molecule has 2 unspecified atom stereocenters. The molecule has 0 bridgehead atoms. The predicted molar refractivity (Wildman–Crippen MR) is 407 cm³/mol. The van der Waals surface area contributed by atoms with E-state index in [1.54, 1.807) is 13.8 Å². The summed E-state index contributed by atoms with van der Waals surface area (Å²) in [7, 11) is 0. The summed E-state index contributed by atoms with van der Waals surface area (Å²) in [5.41, 5.74) is -0.712. The molecule has 0 N–H and O–H groups in total. The normalized spacial score (nSPS) is 23.6. The Hall–Kier alpha value is -0.510. The third-order valence-corrected chi connectivity index (χ3v) is 22.4. The van der Waals surface area contributed by atoms with Gasteiger partial charge in [0, 0.05) is 42.9 Å². The van der Waals surface area contributed by atoms with Crippen LogP contribution in [0.4, 0.5) is 35.1 Å². The van der Waals surface area contributed by atoms with Gasteiger partial charge in [0.25, 0.3) is 11.8 Å². The van der Waals surface area contributed by atoms with Gasteiger partial charge < -0.3 is 4.74 Å². The Morgan fingerprint density at radius 3 is 1.02 bits per heavy atom. The smallest absolute Gasteiger partial charge is 0.253 e. The first-order chi connectivity index (χ1) is 44.4. The minimum absolute atomic E-state index is 0.130. The molecule has 0 aromatic carbocycles. The number of halogens is 8. The van der Waals surface area contributed by atoms with Gasteiger partial charge in [-0.25, -0.2) is 35.1 Å². The van der Waals surface area contributed by atoms with Gasteiger partial charge in [-0.3, -0.25) is 0 Å². The maximum absolute atomic E-state index is 13.2. The van der Waals surface area contributed by atoms with Crippen molar-refractivity contribution < 1.29 is 39.9 Å². The van der Waals surface area contributed by atoms with E-state index in [9.17, 15) is 35.1 Å². The highest BCUT2D eigenvalue weighted by atomic mass is 32.2. The van der Waals surface area contributed by atoms with Crippen LogP contribution in [0.2, 0.25) is 0 Å². The van der Waals surface area contributed by atoms with Crippen LogP contribution in [-0.4, -0.2) is 53.8 Å². The zero-order valence-electron chi connectivity index (χ0n) is 67.4. The molecule has 96 heavy (non-hydrogen) atoms. The van der Waals surface area contributed by atoms with Gasteiger partial charge in [0.05, 0.1) is 13.2 Å². The van der Waals surface area contributed by atoms with E-state index in [-0.39, 0.29) is 31.1 Å². The summed E-state index contributed by atoms with van der Waals surface area (Å²) < 4.78 is 106. The summed E-state index contributed by atoms with van der Waals surface area (Å²) in [5.74, 6) is 7.57. The highest BCUT2D eigenvalue weighted by molar-refractivity contribution is 8.00. The largest absolute Gasteiger partial charge is 0.381 e. The highest BCUT2D eigenvalue weighted by Crippen LogP contribution is 2.52. The number of ether oxygens (including phenoxy) is 1. The number of thioether (sulfide) groups is 1. The first kappa shape index (κ1) is 93.5. The molecule has 1 nitrogen and oxygen atoms in total. The number of hydrogen-bond donors (Lipinski definition) is 0. The van der Waals surface area contributed by atoms with Crippen LogP contribution in [0, 0.1) is 118 Å². The second-order valence-corrected chi connectivity index (χ2v) is 39.0. The van der Waals surface area contributed by atoms with Crippen molar-refractivity contribution in [2.45, 2.75) is 394 Å². The zero-order chi connectivity index (χ0) is 73.3. The van der Waals surface area contributed by atoms with Crippen molar-refractivity contribution >= 4 is 11.8 Å². The number of allylic oxidation sites excluding steroid dienone is 2. The van der Waals surface area contributed by atoms with Gasteiger partial charge >= 0.3 is 0 Å². The van der Waals surface area contributed by atoms with Crippen molar-refractivity contribution in [3.8, 4) is 0 Å². The number of rotatable bonds is 23. The Morgan fingerprint density at radius 2 is 0.844 bits per heavy atom. The van der Waals surface area contributed by atoms with Gasteiger partial charge in [0.1, 0.15) is 11.3 Å².